The number of fused-ring (bicyclic) bond motifs is 1. The lowest BCUT2D eigenvalue weighted by molar-refractivity contribution is -0.130. The van der Waals surface area contributed by atoms with Crippen LogP contribution < -0.4 is 0 Å². The SMILES string of the molecule is O=C(CCc1ccc(Cl)cc1)N1C[C@H]2C[C@H](O)[C@H]2C1. The van der Waals surface area contributed by atoms with Gasteiger partial charge in [0.2, 0.25) is 5.91 Å². The van der Waals surface area contributed by atoms with Crippen LogP contribution in [0.1, 0.15) is 18.4 Å². The Morgan fingerprint density at radius 1 is 1.32 bits per heavy atom. The average molecular weight is 280 g/mol. The number of rotatable bonds is 3. The number of aliphatic hydroxyl groups excluding tert-OH is 1. The van der Waals surface area contributed by atoms with E-state index in [1.807, 2.05) is 29.2 Å². The first kappa shape index (κ1) is 12.9. The summed E-state index contributed by atoms with van der Waals surface area (Å²) < 4.78 is 0. The second-order valence-electron chi connectivity index (χ2n) is 5.65. The monoisotopic (exact) mass is 279 g/mol. The first-order valence-corrected chi connectivity index (χ1v) is 7.21. The fourth-order valence-electron chi connectivity index (χ4n) is 3.13. The van der Waals surface area contributed by atoms with Crippen molar-refractivity contribution in [2.24, 2.45) is 11.8 Å². The van der Waals surface area contributed by atoms with Crippen molar-refractivity contribution < 1.29 is 9.90 Å². The van der Waals surface area contributed by atoms with Crippen LogP contribution in [0.25, 0.3) is 0 Å². The van der Waals surface area contributed by atoms with Crippen molar-refractivity contribution in [3.63, 3.8) is 0 Å². The summed E-state index contributed by atoms with van der Waals surface area (Å²) in [7, 11) is 0. The molecule has 1 aromatic carbocycles. The van der Waals surface area contributed by atoms with E-state index in [4.69, 9.17) is 11.6 Å². The van der Waals surface area contributed by atoms with Gasteiger partial charge in [-0.3, -0.25) is 4.79 Å². The van der Waals surface area contributed by atoms with Crippen LogP contribution in [0.4, 0.5) is 0 Å². The number of likely N-dealkylation sites (tertiary alicyclic amines) is 1. The highest BCUT2D eigenvalue weighted by molar-refractivity contribution is 6.30. The van der Waals surface area contributed by atoms with E-state index in [1.54, 1.807) is 0 Å². The molecule has 102 valence electrons. The predicted molar refractivity (Wildman–Crippen MR) is 74.0 cm³/mol. The lowest BCUT2D eigenvalue weighted by atomic mass is 9.74. The molecule has 0 spiro atoms. The molecule has 3 nitrogen and oxygen atoms in total. The maximum absolute atomic E-state index is 12.1. The molecule has 1 saturated heterocycles. The highest BCUT2D eigenvalue weighted by atomic mass is 35.5. The van der Waals surface area contributed by atoms with E-state index >= 15 is 0 Å². The molecule has 1 heterocycles. The van der Waals surface area contributed by atoms with Gasteiger partial charge in [0, 0.05) is 30.5 Å². The Hall–Kier alpha value is -1.06. The first-order valence-electron chi connectivity index (χ1n) is 6.84. The van der Waals surface area contributed by atoms with Gasteiger partial charge in [0.05, 0.1) is 6.10 Å². The normalized spacial score (nSPS) is 28.9. The molecule has 1 amide bonds. The summed E-state index contributed by atoms with van der Waals surface area (Å²) in [6, 6.07) is 7.64. The van der Waals surface area contributed by atoms with Crippen LogP contribution in [0.15, 0.2) is 24.3 Å². The fourth-order valence-corrected chi connectivity index (χ4v) is 3.26. The minimum absolute atomic E-state index is 0.181. The molecule has 2 aliphatic rings. The summed E-state index contributed by atoms with van der Waals surface area (Å²) in [5.74, 6) is 1.07. The summed E-state index contributed by atoms with van der Waals surface area (Å²) >= 11 is 5.83. The van der Waals surface area contributed by atoms with E-state index in [0.29, 0.717) is 18.3 Å². The third-order valence-electron chi connectivity index (χ3n) is 4.42. The topological polar surface area (TPSA) is 40.5 Å². The second kappa shape index (κ2) is 5.14. The first-order chi connectivity index (χ1) is 9.13. The molecule has 1 saturated carbocycles. The number of carbonyl (C=O) groups excluding carboxylic acids is 1. The van der Waals surface area contributed by atoms with Gasteiger partial charge in [-0.25, -0.2) is 0 Å². The van der Waals surface area contributed by atoms with Crippen molar-refractivity contribution >= 4 is 17.5 Å². The van der Waals surface area contributed by atoms with Crippen LogP contribution in [0.2, 0.25) is 5.02 Å². The quantitative estimate of drug-likeness (QED) is 0.921. The standard InChI is InChI=1S/C15H18ClNO2/c16-12-4-1-10(2-5-12)3-6-15(19)17-8-11-7-14(18)13(11)9-17/h1-2,4-5,11,13-14,18H,3,6-9H2/t11-,13+,14+/m1/s1. The molecule has 0 radical (unpaired) electrons. The number of benzene rings is 1. The molecule has 1 aromatic rings. The molecular weight excluding hydrogens is 262 g/mol. The van der Waals surface area contributed by atoms with E-state index in [9.17, 15) is 9.90 Å². The maximum Gasteiger partial charge on any atom is 0.222 e. The minimum Gasteiger partial charge on any atom is -0.393 e. The summed E-state index contributed by atoms with van der Waals surface area (Å²) in [5.41, 5.74) is 1.14. The molecule has 19 heavy (non-hydrogen) atoms. The fraction of sp³-hybridized carbons (Fsp3) is 0.533. The van der Waals surface area contributed by atoms with Gasteiger partial charge in [0.15, 0.2) is 0 Å². The summed E-state index contributed by atoms with van der Waals surface area (Å²) in [5, 5.41) is 10.3. The van der Waals surface area contributed by atoms with Gasteiger partial charge in [-0.05, 0) is 36.5 Å². The van der Waals surface area contributed by atoms with Crippen molar-refractivity contribution in [2.45, 2.75) is 25.4 Å². The van der Waals surface area contributed by atoms with Crippen molar-refractivity contribution in [2.75, 3.05) is 13.1 Å². The van der Waals surface area contributed by atoms with E-state index in [-0.39, 0.29) is 12.0 Å². The number of aryl methyl sites for hydroxylation is 1. The average Bonchev–Trinajstić information content (AvgIpc) is 2.75. The summed E-state index contributed by atoms with van der Waals surface area (Å²) in [4.78, 5) is 14.0. The Bertz CT molecular complexity index is 474. The zero-order valence-electron chi connectivity index (χ0n) is 10.8. The lowest BCUT2D eigenvalue weighted by Gasteiger charge is -2.34. The molecule has 2 fully saturated rings. The molecular formula is C15H18ClNO2. The number of halogens is 1. The minimum atomic E-state index is -0.181. The van der Waals surface area contributed by atoms with Crippen LogP contribution >= 0.6 is 11.6 Å². The molecule has 1 N–H and O–H groups in total. The van der Waals surface area contributed by atoms with Crippen molar-refractivity contribution in [3.05, 3.63) is 34.9 Å². The maximum atomic E-state index is 12.1. The molecule has 0 bridgehead atoms. The van der Waals surface area contributed by atoms with E-state index in [0.717, 1.165) is 36.5 Å². The van der Waals surface area contributed by atoms with Crippen LogP contribution in [-0.4, -0.2) is 35.1 Å². The van der Waals surface area contributed by atoms with E-state index in [2.05, 4.69) is 0 Å². The third kappa shape index (κ3) is 2.63. The predicted octanol–water partition coefficient (Wildman–Crippen LogP) is 2.11. The molecule has 0 aromatic heterocycles. The Labute approximate surface area is 118 Å². The smallest absolute Gasteiger partial charge is 0.222 e. The van der Waals surface area contributed by atoms with Gasteiger partial charge >= 0.3 is 0 Å². The van der Waals surface area contributed by atoms with Crippen molar-refractivity contribution in [1.82, 2.24) is 4.90 Å². The van der Waals surface area contributed by atoms with Gasteiger partial charge in [-0.15, -0.1) is 0 Å². The zero-order chi connectivity index (χ0) is 13.4. The third-order valence-corrected chi connectivity index (χ3v) is 4.68. The summed E-state index contributed by atoms with van der Waals surface area (Å²) in [6.45, 7) is 1.58. The van der Waals surface area contributed by atoms with Gasteiger partial charge in [0.1, 0.15) is 0 Å². The van der Waals surface area contributed by atoms with Crippen molar-refractivity contribution in [1.29, 1.82) is 0 Å². The number of amides is 1. The van der Waals surface area contributed by atoms with Crippen molar-refractivity contribution in [3.8, 4) is 0 Å². The van der Waals surface area contributed by atoms with Gasteiger partial charge < -0.3 is 10.0 Å². The highest BCUT2D eigenvalue weighted by Crippen LogP contribution is 2.40. The second-order valence-corrected chi connectivity index (χ2v) is 6.09. The highest BCUT2D eigenvalue weighted by Gasteiger charge is 2.47. The molecule has 0 unspecified atom stereocenters. The number of hydrogen-bond acceptors (Lipinski definition) is 2. The van der Waals surface area contributed by atoms with E-state index < -0.39 is 0 Å². The Morgan fingerprint density at radius 3 is 2.68 bits per heavy atom. The van der Waals surface area contributed by atoms with Crippen LogP contribution in [0.5, 0.6) is 0 Å². The Kier molecular flexibility index (Phi) is 3.50. The number of aliphatic hydroxyl groups is 1. The largest absolute Gasteiger partial charge is 0.393 e. The van der Waals surface area contributed by atoms with E-state index in [1.165, 1.54) is 0 Å². The number of nitrogens with zero attached hydrogens (tertiary/aromatic N) is 1. The number of hydrogen-bond donors (Lipinski definition) is 1. The molecule has 1 aliphatic carbocycles. The molecule has 4 heteroatoms. The molecule has 1 aliphatic heterocycles. The van der Waals surface area contributed by atoms with Crippen LogP contribution in [-0.2, 0) is 11.2 Å². The lowest BCUT2D eigenvalue weighted by Crippen LogP contribution is -2.39. The Balaban J connectivity index is 1.50. The van der Waals surface area contributed by atoms with Crippen LogP contribution in [0.3, 0.4) is 0 Å². The zero-order valence-corrected chi connectivity index (χ0v) is 11.5. The molecule has 3 rings (SSSR count). The molecule has 3 atom stereocenters. The summed E-state index contributed by atoms with van der Waals surface area (Å²) in [6.07, 6.45) is 1.98. The Morgan fingerprint density at radius 2 is 2.05 bits per heavy atom. The number of carbonyl (C=O) groups is 1. The van der Waals surface area contributed by atoms with Crippen LogP contribution in [0, 0.1) is 11.8 Å². The van der Waals surface area contributed by atoms with Gasteiger partial charge in [-0.1, -0.05) is 23.7 Å². The van der Waals surface area contributed by atoms with Gasteiger partial charge in [0.25, 0.3) is 0 Å². The van der Waals surface area contributed by atoms with Gasteiger partial charge in [-0.2, -0.15) is 0 Å².